The minimum atomic E-state index is -0.493. The summed E-state index contributed by atoms with van der Waals surface area (Å²) in [5, 5.41) is 0. The summed E-state index contributed by atoms with van der Waals surface area (Å²) in [6.07, 6.45) is 6.47. The van der Waals surface area contributed by atoms with Crippen molar-refractivity contribution in [2.45, 2.75) is 39.2 Å². The fourth-order valence-electron chi connectivity index (χ4n) is 3.88. The van der Waals surface area contributed by atoms with Crippen LogP contribution in [0, 0.1) is 13.8 Å². The molecule has 1 fully saturated rings. The molecule has 0 spiro atoms. The Morgan fingerprint density at radius 2 is 2.00 bits per heavy atom. The van der Waals surface area contributed by atoms with E-state index in [-0.39, 0.29) is 12.5 Å². The first-order valence-electron chi connectivity index (χ1n) is 9.46. The van der Waals surface area contributed by atoms with Crippen LogP contribution in [0.5, 0.6) is 0 Å². The number of carbonyl (C=O) groups excluding carboxylic acids is 2. The number of fused-ring (bicyclic) bond motifs is 1. The molecule has 0 N–H and O–H groups in total. The molecule has 5 heteroatoms. The Hall–Kier alpha value is -2.82. The normalized spacial score (nSPS) is 16.0. The van der Waals surface area contributed by atoms with E-state index in [9.17, 15) is 9.59 Å². The molecule has 1 aliphatic carbocycles. The first-order chi connectivity index (χ1) is 13.0. The van der Waals surface area contributed by atoms with Crippen molar-refractivity contribution >= 4 is 23.6 Å². The minimum Gasteiger partial charge on any atom is -0.452 e. The zero-order valence-electron chi connectivity index (χ0n) is 15.8. The molecule has 5 nitrogen and oxygen atoms in total. The molecule has 2 aliphatic rings. The SMILES string of the molecule is Cc1cc(/C=C/C(=O)OCC(=O)N2CCc3ccccc32)c(C)n1C1CC1. The largest absolute Gasteiger partial charge is 0.452 e. The number of ether oxygens (including phenoxy) is 1. The highest BCUT2D eigenvalue weighted by atomic mass is 16.5. The van der Waals surface area contributed by atoms with Gasteiger partial charge in [-0.15, -0.1) is 0 Å². The first-order valence-corrected chi connectivity index (χ1v) is 9.46. The lowest BCUT2D eigenvalue weighted by Gasteiger charge is -2.16. The van der Waals surface area contributed by atoms with Crippen molar-refractivity contribution < 1.29 is 14.3 Å². The standard InChI is InChI=1S/C22H24N2O3/c1-15-13-18(16(2)24(15)19-8-9-19)7-10-22(26)27-14-21(25)23-12-11-17-5-3-4-6-20(17)23/h3-7,10,13,19H,8-9,11-12,14H2,1-2H3/b10-7+. The van der Waals surface area contributed by atoms with E-state index < -0.39 is 5.97 Å². The molecule has 0 unspecified atom stereocenters. The van der Waals surface area contributed by atoms with Crippen LogP contribution < -0.4 is 4.90 Å². The van der Waals surface area contributed by atoms with Gasteiger partial charge in [-0.25, -0.2) is 4.79 Å². The van der Waals surface area contributed by atoms with Gasteiger partial charge in [-0.1, -0.05) is 18.2 Å². The van der Waals surface area contributed by atoms with Crippen molar-refractivity contribution in [3.05, 3.63) is 58.9 Å². The Bertz CT molecular complexity index is 922. The Kier molecular flexibility index (Phi) is 4.60. The third kappa shape index (κ3) is 3.54. The number of aryl methyl sites for hydroxylation is 1. The predicted molar refractivity (Wildman–Crippen MR) is 105 cm³/mol. The molecule has 0 saturated heterocycles. The van der Waals surface area contributed by atoms with E-state index in [1.54, 1.807) is 11.0 Å². The number of para-hydroxylation sites is 1. The Labute approximate surface area is 159 Å². The van der Waals surface area contributed by atoms with Gasteiger partial charge in [0.15, 0.2) is 6.61 Å². The van der Waals surface area contributed by atoms with Crippen molar-refractivity contribution in [3.8, 4) is 0 Å². The molecule has 1 aromatic heterocycles. The second kappa shape index (κ2) is 7.06. The summed E-state index contributed by atoms with van der Waals surface area (Å²) in [5.74, 6) is -0.680. The van der Waals surface area contributed by atoms with E-state index in [2.05, 4.69) is 24.5 Å². The van der Waals surface area contributed by atoms with Gasteiger partial charge >= 0.3 is 5.97 Å². The maximum Gasteiger partial charge on any atom is 0.331 e. The average molecular weight is 364 g/mol. The van der Waals surface area contributed by atoms with Crippen LogP contribution in [-0.2, 0) is 20.7 Å². The summed E-state index contributed by atoms with van der Waals surface area (Å²) < 4.78 is 7.50. The molecule has 0 bridgehead atoms. The zero-order chi connectivity index (χ0) is 19.0. The summed E-state index contributed by atoms with van der Waals surface area (Å²) in [5.41, 5.74) is 5.48. The molecule has 2 aromatic rings. The van der Waals surface area contributed by atoms with Crippen LogP contribution in [0.2, 0.25) is 0 Å². The van der Waals surface area contributed by atoms with E-state index >= 15 is 0 Å². The molecular formula is C22H24N2O3. The third-order valence-corrected chi connectivity index (χ3v) is 5.36. The Morgan fingerprint density at radius 1 is 1.22 bits per heavy atom. The second-order valence-corrected chi connectivity index (χ2v) is 7.29. The van der Waals surface area contributed by atoms with Gasteiger partial charge in [-0.3, -0.25) is 4.79 Å². The highest BCUT2D eigenvalue weighted by molar-refractivity contribution is 5.98. The van der Waals surface area contributed by atoms with Crippen molar-refractivity contribution in [2.24, 2.45) is 0 Å². The van der Waals surface area contributed by atoms with Gasteiger partial charge in [-0.05, 0) is 62.4 Å². The smallest absolute Gasteiger partial charge is 0.331 e. The van der Waals surface area contributed by atoms with Gasteiger partial charge in [0, 0.05) is 35.7 Å². The molecule has 0 atom stereocenters. The maximum absolute atomic E-state index is 12.4. The van der Waals surface area contributed by atoms with E-state index in [0.717, 1.165) is 23.2 Å². The average Bonchev–Trinajstić information content (AvgIpc) is 3.32. The Morgan fingerprint density at radius 3 is 2.78 bits per heavy atom. The van der Waals surface area contributed by atoms with E-state index in [1.165, 1.54) is 30.3 Å². The van der Waals surface area contributed by atoms with E-state index in [4.69, 9.17) is 4.74 Å². The molecule has 27 heavy (non-hydrogen) atoms. The number of amides is 1. The maximum atomic E-state index is 12.4. The van der Waals surface area contributed by atoms with Crippen LogP contribution in [0.1, 0.15) is 41.4 Å². The zero-order valence-corrected chi connectivity index (χ0v) is 15.8. The second-order valence-electron chi connectivity index (χ2n) is 7.29. The summed E-state index contributed by atoms with van der Waals surface area (Å²) in [4.78, 5) is 26.1. The Balaban J connectivity index is 1.34. The minimum absolute atomic E-state index is 0.186. The van der Waals surface area contributed by atoms with Crippen LogP contribution in [0.15, 0.2) is 36.4 Å². The fourth-order valence-corrected chi connectivity index (χ4v) is 3.88. The molecule has 1 amide bonds. The number of hydrogen-bond donors (Lipinski definition) is 0. The van der Waals surface area contributed by atoms with Gasteiger partial charge < -0.3 is 14.2 Å². The van der Waals surface area contributed by atoms with Gasteiger partial charge in [0.2, 0.25) is 0 Å². The predicted octanol–water partition coefficient (Wildman–Crippen LogP) is 3.59. The third-order valence-electron chi connectivity index (χ3n) is 5.36. The number of hydrogen-bond acceptors (Lipinski definition) is 3. The summed E-state index contributed by atoms with van der Waals surface area (Å²) in [6, 6.07) is 10.5. The van der Waals surface area contributed by atoms with Crippen molar-refractivity contribution in [1.29, 1.82) is 0 Å². The quantitative estimate of drug-likeness (QED) is 0.602. The van der Waals surface area contributed by atoms with Crippen LogP contribution in [0.25, 0.3) is 6.08 Å². The molecule has 140 valence electrons. The van der Waals surface area contributed by atoms with Crippen molar-refractivity contribution in [2.75, 3.05) is 18.1 Å². The van der Waals surface area contributed by atoms with Gasteiger partial charge in [0.25, 0.3) is 5.91 Å². The van der Waals surface area contributed by atoms with Crippen molar-refractivity contribution in [1.82, 2.24) is 4.57 Å². The summed E-state index contributed by atoms with van der Waals surface area (Å²) in [6.45, 7) is 4.57. The van der Waals surface area contributed by atoms with Gasteiger partial charge in [0.1, 0.15) is 0 Å². The highest BCUT2D eigenvalue weighted by Gasteiger charge is 2.27. The molecule has 2 heterocycles. The number of rotatable bonds is 5. The van der Waals surface area contributed by atoms with E-state index in [1.807, 2.05) is 24.3 Å². The van der Waals surface area contributed by atoms with Crippen LogP contribution in [0.4, 0.5) is 5.69 Å². The number of carbonyl (C=O) groups is 2. The van der Waals surface area contributed by atoms with Crippen LogP contribution >= 0.6 is 0 Å². The molecule has 1 saturated carbocycles. The highest BCUT2D eigenvalue weighted by Crippen LogP contribution is 2.38. The number of benzene rings is 1. The summed E-state index contributed by atoms with van der Waals surface area (Å²) >= 11 is 0. The number of anilines is 1. The summed E-state index contributed by atoms with van der Waals surface area (Å²) in [7, 11) is 0. The lowest BCUT2D eigenvalue weighted by Crippen LogP contribution is -2.33. The number of nitrogens with zero attached hydrogens (tertiary/aromatic N) is 2. The monoisotopic (exact) mass is 364 g/mol. The molecule has 1 aromatic carbocycles. The molecule has 0 radical (unpaired) electrons. The number of aromatic nitrogens is 1. The van der Waals surface area contributed by atoms with Crippen LogP contribution in [0.3, 0.4) is 0 Å². The topological polar surface area (TPSA) is 51.5 Å². The van der Waals surface area contributed by atoms with Crippen LogP contribution in [-0.4, -0.2) is 29.6 Å². The lowest BCUT2D eigenvalue weighted by atomic mass is 10.2. The van der Waals surface area contributed by atoms with E-state index in [0.29, 0.717) is 12.6 Å². The van der Waals surface area contributed by atoms with Crippen molar-refractivity contribution in [3.63, 3.8) is 0 Å². The molecule has 4 rings (SSSR count). The molecular weight excluding hydrogens is 340 g/mol. The lowest BCUT2D eigenvalue weighted by molar-refractivity contribution is -0.142. The number of esters is 1. The molecule has 1 aliphatic heterocycles. The van der Waals surface area contributed by atoms with Gasteiger partial charge in [-0.2, -0.15) is 0 Å². The fraction of sp³-hybridized carbons (Fsp3) is 0.364. The first kappa shape index (κ1) is 17.6. The van der Waals surface area contributed by atoms with Gasteiger partial charge in [0.05, 0.1) is 0 Å².